The lowest BCUT2D eigenvalue weighted by molar-refractivity contribution is 0.414. The fourth-order valence-electron chi connectivity index (χ4n) is 2.04. The fraction of sp³-hybridized carbons (Fsp3) is 0.312. The van der Waals surface area contributed by atoms with Crippen molar-refractivity contribution in [2.24, 2.45) is 0 Å². The van der Waals surface area contributed by atoms with Crippen molar-refractivity contribution in [3.63, 3.8) is 0 Å². The van der Waals surface area contributed by atoms with E-state index in [1.807, 2.05) is 26.8 Å². The van der Waals surface area contributed by atoms with Gasteiger partial charge in [0.2, 0.25) is 5.88 Å². The fourth-order valence-corrected chi connectivity index (χ4v) is 2.04. The van der Waals surface area contributed by atoms with Crippen molar-refractivity contribution in [3.05, 3.63) is 52.7 Å². The monoisotopic (exact) mass is 292 g/mol. The van der Waals surface area contributed by atoms with Gasteiger partial charge in [-0.2, -0.15) is 0 Å². The van der Waals surface area contributed by atoms with Crippen molar-refractivity contribution in [2.45, 2.75) is 27.3 Å². The molecule has 0 bridgehead atoms. The topological polar surface area (TPSA) is 34.2 Å². The maximum Gasteiger partial charge on any atom is 0.224 e. The molecule has 21 heavy (non-hydrogen) atoms. The predicted octanol–water partition coefficient (Wildman–Crippen LogP) is 3.88. The smallest absolute Gasteiger partial charge is 0.224 e. The molecule has 1 heterocycles. The first kappa shape index (κ1) is 15.4. The van der Waals surface area contributed by atoms with Crippen molar-refractivity contribution >= 4 is 0 Å². The van der Waals surface area contributed by atoms with E-state index in [9.17, 15) is 8.78 Å². The molecule has 2 aromatic rings. The minimum absolute atomic E-state index is 0.162. The molecule has 0 aliphatic carbocycles. The minimum atomic E-state index is -0.619. The summed E-state index contributed by atoms with van der Waals surface area (Å²) in [4.78, 5) is 4.30. The largest absolute Gasteiger partial charge is 0.435 e. The molecule has 1 aromatic heterocycles. The molecule has 112 valence electrons. The van der Waals surface area contributed by atoms with E-state index in [2.05, 4.69) is 10.3 Å². The van der Waals surface area contributed by atoms with E-state index in [0.717, 1.165) is 41.6 Å². The molecule has 0 radical (unpaired) electrons. The second-order valence-electron chi connectivity index (χ2n) is 4.82. The van der Waals surface area contributed by atoms with Gasteiger partial charge in [0.1, 0.15) is 5.82 Å². The SMILES string of the molecule is CCNCc1c(C)cc(C)nc1Oc1cc(F)ccc1F. The van der Waals surface area contributed by atoms with Crippen LogP contribution in [0.25, 0.3) is 0 Å². The van der Waals surface area contributed by atoms with Crippen molar-refractivity contribution < 1.29 is 13.5 Å². The van der Waals surface area contributed by atoms with Gasteiger partial charge in [-0.25, -0.2) is 13.8 Å². The second-order valence-corrected chi connectivity index (χ2v) is 4.82. The zero-order chi connectivity index (χ0) is 15.4. The number of ether oxygens (including phenoxy) is 1. The third-order valence-electron chi connectivity index (χ3n) is 3.09. The van der Waals surface area contributed by atoms with Crippen LogP contribution in [0.15, 0.2) is 24.3 Å². The summed E-state index contributed by atoms with van der Waals surface area (Å²) in [6.07, 6.45) is 0. The van der Waals surface area contributed by atoms with Gasteiger partial charge >= 0.3 is 0 Å². The summed E-state index contributed by atoms with van der Waals surface area (Å²) >= 11 is 0. The number of pyridine rings is 1. The van der Waals surface area contributed by atoms with E-state index in [0.29, 0.717) is 12.4 Å². The van der Waals surface area contributed by atoms with E-state index < -0.39 is 11.6 Å². The molecule has 0 fully saturated rings. The van der Waals surface area contributed by atoms with E-state index in [1.165, 1.54) is 0 Å². The van der Waals surface area contributed by atoms with Gasteiger partial charge < -0.3 is 10.1 Å². The molecule has 3 nitrogen and oxygen atoms in total. The molecule has 0 atom stereocenters. The molecule has 2 rings (SSSR count). The van der Waals surface area contributed by atoms with Crippen molar-refractivity contribution in [3.8, 4) is 11.6 Å². The molecular weight excluding hydrogens is 274 g/mol. The van der Waals surface area contributed by atoms with Gasteiger partial charge in [-0.05, 0) is 44.2 Å². The quantitative estimate of drug-likeness (QED) is 0.908. The minimum Gasteiger partial charge on any atom is -0.435 e. The van der Waals surface area contributed by atoms with Crippen molar-refractivity contribution in [1.29, 1.82) is 0 Å². The Hall–Kier alpha value is -2.01. The van der Waals surface area contributed by atoms with Crippen LogP contribution in [0.1, 0.15) is 23.7 Å². The third-order valence-corrected chi connectivity index (χ3v) is 3.09. The standard InChI is InChI=1S/C16H18F2N2O/c1-4-19-9-13-10(2)7-11(3)20-16(13)21-15-8-12(17)5-6-14(15)18/h5-8,19H,4,9H2,1-3H3. The summed E-state index contributed by atoms with van der Waals surface area (Å²) in [5.74, 6) is -1.03. The van der Waals surface area contributed by atoms with Crippen LogP contribution in [-0.2, 0) is 6.54 Å². The first-order chi connectivity index (χ1) is 10.0. The summed E-state index contributed by atoms with van der Waals surface area (Å²) in [5, 5.41) is 3.19. The van der Waals surface area contributed by atoms with Crippen LogP contribution in [-0.4, -0.2) is 11.5 Å². The zero-order valence-electron chi connectivity index (χ0n) is 12.3. The average Bonchev–Trinajstić information content (AvgIpc) is 2.42. The summed E-state index contributed by atoms with van der Waals surface area (Å²) in [7, 11) is 0. The number of aromatic nitrogens is 1. The van der Waals surface area contributed by atoms with Crippen molar-refractivity contribution in [2.75, 3.05) is 6.54 Å². The maximum atomic E-state index is 13.7. The lowest BCUT2D eigenvalue weighted by Crippen LogP contribution is -2.14. The zero-order valence-corrected chi connectivity index (χ0v) is 12.3. The molecule has 0 aliphatic heterocycles. The van der Waals surface area contributed by atoms with E-state index in [4.69, 9.17) is 4.74 Å². The molecule has 0 unspecified atom stereocenters. The molecule has 0 aliphatic rings. The molecule has 0 amide bonds. The molecule has 0 saturated heterocycles. The first-order valence-corrected chi connectivity index (χ1v) is 6.82. The number of aryl methyl sites for hydroxylation is 2. The van der Waals surface area contributed by atoms with Gasteiger partial charge in [0.15, 0.2) is 11.6 Å². The highest BCUT2D eigenvalue weighted by Crippen LogP contribution is 2.28. The second kappa shape index (κ2) is 6.63. The highest BCUT2D eigenvalue weighted by Gasteiger charge is 2.13. The first-order valence-electron chi connectivity index (χ1n) is 6.82. The molecule has 1 N–H and O–H groups in total. The van der Waals surface area contributed by atoms with Gasteiger partial charge in [0, 0.05) is 23.9 Å². The van der Waals surface area contributed by atoms with Crippen LogP contribution in [0.5, 0.6) is 11.6 Å². The summed E-state index contributed by atoms with van der Waals surface area (Å²) in [6, 6.07) is 5.04. The molecule has 1 aromatic carbocycles. The van der Waals surface area contributed by atoms with Crippen LogP contribution in [0.4, 0.5) is 8.78 Å². The van der Waals surface area contributed by atoms with E-state index >= 15 is 0 Å². The highest BCUT2D eigenvalue weighted by molar-refractivity contribution is 5.39. The Morgan fingerprint density at radius 3 is 2.67 bits per heavy atom. The number of hydrogen-bond acceptors (Lipinski definition) is 3. The Morgan fingerprint density at radius 1 is 1.19 bits per heavy atom. The molecule has 0 saturated carbocycles. The summed E-state index contributed by atoms with van der Waals surface area (Å²) in [5.41, 5.74) is 2.60. The van der Waals surface area contributed by atoms with Gasteiger partial charge in [-0.1, -0.05) is 6.92 Å². The lowest BCUT2D eigenvalue weighted by Gasteiger charge is -2.14. The summed E-state index contributed by atoms with van der Waals surface area (Å²) in [6.45, 7) is 7.11. The van der Waals surface area contributed by atoms with Gasteiger partial charge in [-0.3, -0.25) is 0 Å². The number of nitrogens with zero attached hydrogens (tertiary/aromatic N) is 1. The predicted molar refractivity (Wildman–Crippen MR) is 77.5 cm³/mol. The summed E-state index contributed by atoms with van der Waals surface area (Å²) < 4.78 is 32.5. The number of benzene rings is 1. The normalized spacial score (nSPS) is 10.7. The van der Waals surface area contributed by atoms with E-state index in [1.54, 1.807) is 0 Å². The highest BCUT2D eigenvalue weighted by atomic mass is 19.1. The van der Waals surface area contributed by atoms with Crippen LogP contribution >= 0.6 is 0 Å². The van der Waals surface area contributed by atoms with Gasteiger partial charge in [0.05, 0.1) is 0 Å². The number of halogens is 2. The van der Waals surface area contributed by atoms with Gasteiger partial charge in [0.25, 0.3) is 0 Å². The van der Waals surface area contributed by atoms with Crippen LogP contribution in [0, 0.1) is 25.5 Å². The molecule has 5 heteroatoms. The maximum absolute atomic E-state index is 13.7. The number of nitrogens with one attached hydrogen (secondary N) is 1. The lowest BCUT2D eigenvalue weighted by atomic mass is 10.1. The van der Waals surface area contributed by atoms with Gasteiger partial charge in [-0.15, -0.1) is 0 Å². The van der Waals surface area contributed by atoms with Crippen LogP contribution < -0.4 is 10.1 Å². The van der Waals surface area contributed by atoms with Crippen molar-refractivity contribution in [1.82, 2.24) is 10.3 Å². The Balaban J connectivity index is 2.40. The van der Waals surface area contributed by atoms with Crippen LogP contribution in [0.3, 0.4) is 0 Å². The number of rotatable bonds is 5. The molecular formula is C16H18F2N2O. The Kier molecular flexibility index (Phi) is 4.85. The average molecular weight is 292 g/mol. The van der Waals surface area contributed by atoms with Crippen LogP contribution in [0.2, 0.25) is 0 Å². The third kappa shape index (κ3) is 3.76. The number of hydrogen-bond donors (Lipinski definition) is 1. The van der Waals surface area contributed by atoms with E-state index in [-0.39, 0.29) is 5.75 Å². The Labute approximate surface area is 123 Å². The Bertz CT molecular complexity index is 644. The molecule has 0 spiro atoms. The Morgan fingerprint density at radius 2 is 1.95 bits per heavy atom.